The monoisotopic (exact) mass is 444 g/mol. The molecule has 5 nitrogen and oxygen atoms in total. The lowest BCUT2D eigenvalue weighted by Gasteiger charge is -2.36. The lowest BCUT2D eigenvalue weighted by Crippen LogP contribution is -2.44. The minimum atomic E-state index is -0.145. The summed E-state index contributed by atoms with van der Waals surface area (Å²) in [6.07, 6.45) is 5.83. The summed E-state index contributed by atoms with van der Waals surface area (Å²) >= 11 is 1.50. The largest absolute Gasteiger partial charge is 0.337 e. The van der Waals surface area contributed by atoms with E-state index < -0.39 is 0 Å². The van der Waals surface area contributed by atoms with Gasteiger partial charge in [0.25, 0.3) is 5.91 Å². The molecule has 31 heavy (non-hydrogen) atoms. The molecule has 1 aromatic heterocycles. The number of halogens is 1. The third-order valence-electron chi connectivity index (χ3n) is 5.73. The first-order chi connectivity index (χ1) is 15.0. The fourth-order valence-corrected chi connectivity index (χ4v) is 4.65. The van der Waals surface area contributed by atoms with Crippen molar-refractivity contribution in [1.82, 2.24) is 19.7 Å². The number of hydrogen-bond donors (Lipinski definition) is 0. The molecule has 1 fully saturated rings. The minimum Gasteiger partial charge on any atom is -0.337 e. The molecule has 168 valence electrons. The maximum Gasteiger partial charge on any atom is 0.256 e. The number of amides is 1. The van der Waals surface area contributed by atoms with Gasteiger partial charge >= 0.3 is 0 Å². The Hall–Kier alpha value is -1.96. The van der Waals surface area contributed by atoms with Crippen LogP contribution in [0.2, 0.25) is 0 Å². The third-order valence-corrected chi connectivity index (χ3v) is 6.44. The molecule has 0 radical (unpaired) electrons. The van der Waals surface area contributed by atoms with Gasteiger partial charge < -0.3 is 9.80 Å². The third kappa shape index (κ3) is 6.76. The highest BCUT2D eigenvalue weighted by molar-refractivity contribution is 7.98. The van der Waals surface area contributed by atoms with E-state index in [1.54, 1.807) is 12.3 Å². The highest BCUT2D eigenvalue weighted by Crippen LogP contribution is 2.23. The van der Waals surface area contributed by atoms with Crippen LogP contribution in [0.4, 0.5) is 4.39 Å². The molecular weight excluding hydrogens is 411 g/mol. The van der Waals surface area contributed by atoms with E-state index in [1.807, 2.05) is 49.5 Å². The normalized spacial score (nSPS) is 17.1. The summed E-state index contributed by atoms with van der Waals surface area (Å²) in [5.41, 5.74) is 1.41. The summed E-state index contributed by atoms with van der Waals surface area (Å²) < 4.78 is 14.1. The number of rotatable bonds is 9. The summed E-state index contributed by atoms with van der Waals surface area (Å²) in [4.78, 5) is 24.2. The van der Waals surface area contributed by atoms with Gasteiger partial charge in [-0.25, -0.2) is 9.37 Å². The van der Waals surface area contributed by atoms with Gasteiger partial charge in [0.2, 0.25) is 0 Å². The fourth-order valence-electron chi connectivity index (χ4n) is 4.11. The molecule has 7 heteroatoms. The molecule has 1 saturated heterocycles. The number of likely N-dealkylation sites (tertiary alicyclic amines) is 1. The average Bonchev–Trinajstić information content (AvgIpc) is 2.78. The van der Waals surface area contributed by atoms with Gasteiger partial charge in [0.1, 0.15) is 10.8 Å². The second kappa shape index (κ2) is 11.6. The number of nitrogens with zero attached hydrogens (tertiary/aromatic N) is 4. The second-order valence-electron chi connectivity index (χ2n) is 8.45. The van der Waals surface area contributed by atoms with Crippen molar-refractivity contribution in [2.24, 2.45) is 5.92 Å². The number of benzene rings is 1. The second-order valence-corrected chi connectivity index (χ2v) is 9.24. The topological polar surface area (TPSA) is 39.7 Å². The van der Waals surface area contributed by atoms with Crippen molar-refractivity contribution < 1.29 is 9.18 Å². The number of thioether (sulfide) groups is 1. The van der Waals surface area contributed by atoms with E-state index in [2.05, 4.69) is 14.8 Å². The number of hydrogen-bond acceptors (Lipinski definition) is 5. The lowest BCUT2D eigenvalue weighted by molar-refractivity contribution is 0.0656. The summed E-state index contributed by atoms with van der Waals surface area (Å²) in [6.45, 7) is 4.67. The highest BCUT2D eigenvalue weighted by atomic mass is 32.2. The van der Waals surface area contributed by atoms with E-state index in [4.69, 9.17) is 0 Å². The molecule has 0 bridgehead atoms. The summed E-state index contributed by atoms with van der Waals surface area (Å²) in [6, 6.07) is 10.7. The first-order valence-corrected chi connectivity index (χ1v) is 12.1. The molecule has 0 spiro atoms. The number of pyridine rings is 1. The van der Waals surface area contributed by atoms with E-state index in [9.17, 15) is 9.18 Å². The Morgan fingerprint density at radius 2 is 2.03 bits per heavy atom. The highest BCUT2D eigenvalue weighted by Gasteiger charge is 2.26. The molecule has 2 aromatic rings. The van der Waals surface area contributed by atoms with E-state index in [-0.39, 0.29) is 11.7 Å². The van der Waals surface area contributed by atoms with E-state index in [1.165, 1.54) is 17.8 Å². The van der Waals surface area contributed by atoms with E-state index >= 15 is 0 Å². The van der Waals surface area contributed by atoms with E-state index in [0.29, 0.717) is 31.1 Å². The average molecular weight is 445 g/mol. The Bertz CT molecular complexity index is 863. The smallest absolute Gasteiger partial charge is 0.256 e. The van der Waals surface area contributed by atoms with Gasteiger partial charge in [0, 0.05) is 44.5 Å². The zero-order chi connectivity index (χ0) is 22.2. The Kier molecular flexibility index (Phi) is 8.87. The summed E-state index contributed by atoms with van der Waals surface area (Å²) in [5, 5.41) is 0.771. The molecule has 1 atom stereocenters. The van der Waals surface area contributed by atoms with Crippen molar-refractivity contribution in [3.8, 4) is 0 Å². The Labute approximate surface area is 189 Å². The number of carbonyl (C=O) groups is 1. The zero-order valence-corrected chi connectivity index (χ0v) is 19.6. The summed E-state index contributed by atoms with van der Waals surface area (Å²) in [5.74, 6) is 0.278. The first kappa shape index (κ1) is 23.7. The Morgan fingerprint density at radius 3 is 2.77 bits per heavy atom. The SMILES string of the molecule is CSc1ncccc1C(=O)N(CCN(C)C)CC1CCCN(Cc2ccccc2F)C1. The van der Waals surface area contributed by atoms with Crippen LogP contribution in [0.25, 0.3) is 0 Å². The van der Waals surface area contributed by atoms with Gasteiger partial charge in [-0.15, -0.1) is 11.8 Å². The Balaban J connectivity index is 1.69. The van der Waals surface area contributed by atoms with Crippen LogP contribution in [-0.2, 0) is 6.54 Å². The molecule has 1 unspecified atom stereocenters. The molecule has 3 rings (SSSR count). The standard InChI is InChI=1S/C24H33FN4OS/c1-27(2)14-15-29(24(30)21-10-6-12-26-23(21)31-3)17-19-8-7-13-28(16-19)18-20-9-4-5-11-22(20)25/h4-6,9-12,19H,7-8,13-18H2,1-3H3. The van der Waals surface area contributed by atoms with Crippen molar-refractivity contribution in [1.29, 1.82) is 0 Å². The quantitative estimate of drug-likeness (QED) is 0.550. The van der Waals surface area contributed by atoms with Crippen molar-refractivity contribution >= 4 is 17.7 Å². The molecule has 1 aliphatic rings. The van der Waals surface area contributed by atoms with Gasteiger partial charge in [0.15, 0.2) is 0 Å². The van der Waals surface area contributed by atoms with E-state index in [0.717, 1.165) is 43.1 Å². The fraction of sp³-hybridized carbons (Fsp3) is 0.500. The van der Waals surface area contributed by atoms with Crippen LogP contribution in [0.15, 0.2) is 47.6 Å². The van der Waals surface area contributed by atoms with Crippen LogP contribution in [-0.4, -0.2) is 78.7 Å². The first-order valence-electron chi connectivity index (χ1n) is 10.9. The number of likely N-dealkylation sites (N-methyl/N-ethyl adjacent to an activating group) is 1. The number of aromatic nitrogens is 1. The van der Waals surface area contributed by atoms with Crippen LogP contribution < -0.4 is 0 Å². The number of piperidine rings is 1. The van der Waals surface area contributed by atoms with Crippen LogP contribution >= 0.6 is 11.8 Å². The van der Waals surface area contributed by atoms with Crippen LogP contribution in [0, 0.1) is 11.7 Å². The van der Waals surface area contributed by atoms with Crippen LogP contribution in [0.5, 0.6) is 0 Å². The molecule has 0 N–H and O–H groups in total. The van der Waals surface area contributed by atoms with Crippen molar-refractivity contribution in [2.75, 3.05) is 53.1 Å². The van der Waals surface area contributed by atoms with Gasteiger partial charge in [-0.05, 0) is 63.9 Å². The Morgan fingerprint density at radius 1 is 1.23 bits per heavy atom. The maximum absolute atomic E-state index is 14.1. The van der Waals surface area contributed by atoms with Crippen molar-refractivity contribution in [3.05, 3.63) is 59.5 Å². The predicted octanol–water partition coefficient (Wildman–Crippen LogP) is 3.86. The summed E-state index contributed by atoms with van der Waals surface area (Å²) in [7, 11) is 4.05. The van der Waals surface area contributed by atoms with Gasteiger partial charge in [-0.1, -0.05) is 18.2 Å². The predicted molar refractivity (Wildman–Crippen MR) is 125 cm³/mol. The molecular formula is C24H33FN4OS. The lowest BCUT2D eigenvalue weighted by atomic mass is 9.96. The maximum atomic E-state index is 14.1. The van der Waals surface area contributed by atoms with Gasteiger partial charge in [-0.3, -0.25) is 9.69 Å². The number of carbonyl (C=O) groups excluding carboxylic acids is 1. The molecule has 1 aliphatic heterocycles. The molecule has 2 heterocycles. The van der Waals surface area contributed by atoms with Gasteiger partial charge in [0.05, 0.1) is 5.56 Å². The molecule has 0 aliphatic carbocycles. The van der Waals surface area contributed by atoms with Crippen molar-refractivity contribution in [2.45, 2.75) is 24.4 Å². The molecule has 1 amide bonds. The zero-order valence-electron chi connectivity index (χ0n) is 18.8. The van der Waals surface area contributed by atoms with Crippen molar-refractivity contribution in [3.63, 3.8) is 0 Å². The minimum absolute atomic E-state index is 0.0468. The molecule has 0 saturated carbocycles. The molecule has 1 aromatic carbocycles. The van der Waals surface area contributed by atoms with Crippen LogP contribution in [0.1, 0.15) is 28.8 Å². The van der Waals surface area contributed by atoms with Crippen LogP contribution in [0.3, 0.4) is 0 Å². The van der Waals surface area contributed by atoms with Gasteiger partial charge in [-0.2, -0.15) is 0 Å².